The van der Waals surface area contributed by atoms with Gasteiger partial charge in [-0.2, -0.15) is 0 Å². The molecule has 0 spiro atoms. The Morgan fingerprint density at radius 1 is 1.21 bits per heavy atom. The molecule has 1 saturated carbocycles. The Balaban J connectivity index is 1.92. The number of amides is 1. The Kier molecular flexibility index (Phi) is 3.05. The second kappa shape index (κ2) is 4.60. The fourth-order valence-electron chi connectivity index (χ4n) is 3.27. The predicted molar refractivity (Wildman–Crippen MR) is 74.8 cm³/mol. The number of hydrogen-bond donors (Lipinski definition) is 1. The minimum atomic E-state index is -1.17. The predicted octanol–water partition coefficient (Wildman–Crippen LogP) is 1.78. The molecule has 2 N–H and O–H groups in total. The van der Waals surface area contributed by atoms with Crippen LogP contribution >= 0.6 is 0 Å². The lowest BCUT2D eigenvalue weighted by molar-refractivity contribution is -0.122. The molecule has 2 aliphatic carbocycles. The highest BCUT2D eigenvalue weighted by atomic mass is 32.2. The van der Waals surface area contributed by atoms with E-state index in [0.717, 1.165) is 16.9 Å². The van der Waals surface area contributed by atoms with Gasteiger partial charge < -0.3 is 5.73 Å². The summed E-state index contributed by atoms with van der Waals surface area (Å²) in [5, 5.41) is -0.157. The summed E-state index contributed by atoms with van der Waals surface area (Å²) in [5.41, 5.74) is 6.65. The van der Waals surface area contributed by atoms with Crippen LogP contribution in [0.2, 0.25) is 0 Å². The molecular weight excluding hydrogens is 258 g/mol. The van der Waals surface area contributed by atoms with Gasteiger partial charge in [-0.25, -0.2) is 0 Å². The van der Waals surface area contributed by atoms with Crippen LogP contribution in [0.4, 0.5) is 0 Å². The number of allylic oxidation sites excluding steroid dienone is 2. The van der Waals surface area contributed by atoms with Crippen molar-refractivity contribution < 1.29 is 9.00 Å². The smallest absolute Gasteiger partial charge is 0.222 e. The Labute approximate surface area is 115 Å². The van der Waals surface area contributed by atoms with Crippen LogP contribution in [0.25, 0.3) is 0 Å². The molecule has 100 valence electrons. The summed E-state index contributed by atoms with van der Waals surface area (Å²) in [4.78, 5) is 12.4. The molecule has 1 aromatic rings. The number of carbonyl (C=O) groups is 1. The minimum Gasteiger partial charge on any atom is -0.369 e. The monoisotopic (exact) mass is 275 g/mol. The number of hydrogen-bond acceptors (Lipinski definition) is 2. The Hall–Kier alpha value is -1.42. The van der Waals surface area contributed by atoms with E-state index in [9.17, 15) is 9.00 Å². The van der Waals surface area contributed by atoms with Crippen molar-refractivity contribution in [1.82, 2.24) is 0 Å². The summed E-state index contributed by atoms with van der Waals surface area (Å²) in [6.07, 6.45) is 5.07. The topological polar surface area (TPSA) is 60.2 Å². The number of fused-ring (bicyclic) bond motifs is 2. The number of primary amides is 1. The molecule has 0 unspecified atom stereocenters. The summed E-state index contributed by atoms with van der Waals surface area (Å²) < 4.78 is 12.7. The zero-order valence-electron chi connectivity index (χ0n) is 10.8. The van der Waals surface area contributed by atoms with Crippen molar-refractivity contribution in [2.45, 2.75) is 23.5 Å². The van der Waals surface area contributed by atoms with Gasteiger partial charge in [0.25, 0.3) is 0 Å². The molecule has 0 aromatic heterocycles. The van der Waals surface area contributed by atoms with Gasteiger partial charge in [0.1, 0.15) is 0 Å². The molecule has 3 rings (SSSR count). The van der Waals surface area contributed by atoms with Gasteiger partial charge in [-0.05, 0) is 37.3 Å². The first kappa shape index (κ1) is 12.6. The van der Waals surface area contributed by atoms with E-state index >= 15 is 0 Å². The van der Waals surface area contributed by atoms with Gasteiger partial charge in [0.15, 0.2) is 0 Å². The van der Waals surface area contributed by atoms with Gasteiger partial charge >= 0.3 is 0 Å². The van der Waals surface area contributed by atoms with E-state index in [1.54, 1.807) is 0 Å². The average Bonchev–Trinajstić information content (AvgIpc) is 2.98. The zero-order valence-corrected chi connectivity index (χ0v) is 11.6. The van der Waals surface area contributed by atoms with Crippen molar-refractivity contribution in [3.05, 3.63) is 42.0 Å². The maximum Gasteiger partial charge on any atom is 0.222 e. The summed E-state index contributed by atoms with van der Waals surface area (Å²) in [6.45, 7) is 2.00. The first-order chi connectivity index (χ1) is 9.08. The number of benzene rings is 1. The van der Waals surface area contributed by atoms with Crippen LogP contribution in [0.15, 0.2) is 41.3 Å². The molecule has 0 saturated heterocycles. The van der Waals surface area contributed by atoms with Gasteiger partial charge in [-0.15, -0.1) is 0 Å². The van der Waals surface area contributed by atoms with Crippen molar-refractivity contribution in [2.24, 2.45) is 23.5 Å². The Morgan fingerprint density at radius 2 is 1.84 bits per heavy atom. The molecule has 0 radical (unpaired) electrons. The largest absolute Gasteiger partial charge is 0.369 e. The van der Waals surface area contributed by atoms with Gasteiger partial charge in [-0.3, -0.25) is 9.00 Å². The molecule has 2 aliphatic rings. The highest BCUT2D eigenvalue weighted by Gasteiger charge is 2.50. The number of aryl methyl sites for hydroxylation is 1. The molecule has 0 heterocycles. The third-order valence-electron chi connectivity index (χ3n) is 4.22. The van der Waals surface area contributed by atoms with Crippen molar-refractivity contribution in [1.29, 1.82) is 0 Å². The fourth-order valence-corrected chi connectivity index (χ4v) is 5.11. The average molecular weight is 275 g/mol. The molecule has 2 bridgehead atoms. The van der Waals surface area contributed by atoms with E-state index in [1.807, 2.05) is 31.2 Å². The molecule has 3 nitrogen and oxygen atoms in total. The van der Waals surface area contributed by atoms with E-state index in [4.69, 9.17) is 5.73 Å². The van der Waals surface area contributed by atoms with Gasteiger partial charge in [0, 0.05) is 4.90 Å². The van der Waals surface area contributed by atoms with E-state index in [2.05, 4.69) is 12.2 Å². The van der Waals surface area contributed by atoms with Crippen molar-refractivity contribution in [2.75, 3.05) is 0 Å². The second-order valence-corrected chi connectivity index (χ2v) is 7.06. The molecule has 1 fully saturated rings. The van der Waals surface area contributed by atoms with E-state index in [-0.39, 0.29) is 28.9 Å². The molecule has 0 aliphatic heterocycles. The molecule has 19 heavy (non-hydrogen) atoms. The van der Waals surface area contributed by atoms with Gasteiger partial charge in [0.2, 0.25) is 5.91 Å². The third-order valence-corrected chi connectivity index (χ3v) is 6.09. The van der Waals surface area contributed by atoms with Crippen LogP contribution in [0.3, 0.4) is 0 Å². The Bertz CT molecular complexity index is 564. The maximum atomic E-state index is 12.7. The fraction of sp³-hybridized carbons (Fsp3) is 0.400. The first-order valence-electron chi connectivity index (χ1n) is 6.53. The summed E-state index contributed by atoms with van der Waals surface area (Å²) in [6, 6.07) is 7.68. The second-order valence-electron chi connectivity index (χ2n) is 5.45. The van der Waals surface area contributed by atoms with Crippen LogP contribution < -0.4 is 5.73 Å². The summed E-state index contributed by atoms with van der Waals surface area (Å²) >= 11 is 0. The van der Waals surface area contributed by atoms with Crippen molar-refractivity contribution in [3.8, 4) is 0 Å². The van der Waals surface area contributed by atoms with Crippen LogP contribution in [-0.2, 0) is 15.6 Å². The first-order valence-corrected chi connectivity index (χ1v) is 7.74. The number of carbonyl (C=O) groups excluding carboxylic acids is 1. The van der Waals surface area contributed by atoms with Crippen molar-refractivity contribution >= 4 is 16.7 Å². The lowest BCUT2D eigenvalue weighted by atomic mass is 9.92. The summed E-state index contributed by atoms with van der Waals surface area (Å²) in [5.74, 6) is -0.189. The number of rotatable bonds is 3. The molecule has 1 aromatic carbocycles. The molecule has 5 atom stereocenters. The molecule has 1 amide bonds. The zero-order chi connectivity index (χ0) is 13.6. The minimum absolute atomic E-state index is 0.157. The van der Waals surface area contributed by atoms with Crippen molar-refractivity contribution in [3.63, 3.8) is 0 Å². The normalized spacial score (nSPS) is 33.5. The quantitative estimate of drug-likeness (QED) is 0.855. The van der Waals surface area contributed by atoms with E-state index < -0.39 is 10.8 Å². The Morgan fingerprint density at radius 3 is 2.47 bits per heavy atom. The molecule has 4 heteroatoms. The lowest BCUT2D eigenvalue weighted by Gasteiger charge is -2.24. The van der Waals surface area contributed by atoms with Crippen LogP contribution in [0.5, 0.6) is 0 Å². The highest BCUT2D eigenvalue weighted by molar-refractivity contribution is 7.85. The lowest BCUT2D eigenvalue weighted by Crippen LogP contribution is -2.38. The molecular formula is C15H17NO2S. The number of nitrogens with two attached hydrogens (primary N) is 1. The maximum absolute atomic E-state index is 12.7. The SMILES string of the molecule is Cc1ccc([S@](=O)[C@H]2[C@@H](C(N)=O)[C@H]3C=C[C@@H]2C3)cc1. The third kappa shape index (κ3) is 2.04. The van der Waals surface area contributed by atoms with Crippen LogP contribution in [0.1, 0.15) is 12.0 Å². The summed E-state index contributed by atoms with van der Waals surface area (Å²) in [7, 11) is -1.17. The van der Waals surface area contributed by atoms with Crippen LogP contribution in [0, 0.1) is 24.7 Å². The van der Waals surface area contributed by atoms with Gasteiger partial charge in [0.05, 0.1) is 22.0 Å². The van der Waals surface area contributed by atoms with Crippen LogP contribution in [-0.4, -0.2) is 15.4 Å². The van der Waals surface area contributed by atoms with E-state index in [1.165, 1.54) is 0 Å². The van der Waals surface area contributed by atoms with Gasteiger partial charge in [-0.1, -0.05) is 29.8 Å². The standard InChI is InChI=1S/C15H17NO2S/c1-9-2-6-12(7-3-9)19(18)14-11-5-4-10(8-11)13(14)15(16)17/h2-7,10-11,13-14H,8H2,1H3,(H2,16,17)/t10-,11+,13-,14+,19-/m0/s1. The van der Waals surface area contributed by atoms with E-state index in [0.29, 0.717) is 0 Å². The highest BCUT2D eigenvalue weighted by Crippen LogP contribution is 2.47.